The predicted octanol–water partition coefficient (Wildman–Crippen LogP) is 5.45. The van der Waals surface area contributed by atoms with Crippen molar-refractivity contribution in [2.75, 3.05) is 0 Å². The summed E-state index contributed by atoms with van der Waals surface area (Å²) in [6, 6.07) is 4.84. The maximum absolute atomic E-state index is 13.6. The predicted molar refractivity (Wildman–Crippen MR) is 77.4 cm³/mol. The fourth-order valence-electron chi connectivity index (χ4n) is 1.35. The third-order valence-corrected chi connectivity index (χ3v) is 4.01. The smallest absolute Gasteiger partial charge is 0.220 e. The minimum absolute atomic E-state index is 0.212. The van der Waals surface area contributed by atoms with Crippen LogP contribution < -0.4 is 0 Å². The quantitative estimate of drug-likeness (QED) is 0.351. The number of hydrogen-bond donors (Lipinski definition) is 0. The van der Waals surface area contributed by atoms with Crippen molar-refractivity contribution in [3.05, 3.63) is 49.0 Å². The van der Waals surface area contributed by atoms with Crippen LogP contribution in [0.3, 0.4) is 0 Å². The highest BCUT2D eigenvalue weighted by Gasteiger charge is 2.14. The summed E-state index contributed by atoms with van der Waals surface area (Å²) in [7, 11) is 0. The van der Waals surface area contributed by atoms with Gasteiger partial charge in [-0.2, -0.15) is 4.39 Å². The molecule has 0 N–H and O–H groups in total. The summed E-state index contributed by atoms with van der Waals surface area (Å²) in [4.78, 5) is 3.64. The second-order valence-corrected chi connectivity index (χ2v) is 5.62. The van der Waals surface area contributed by atoms with Crippen LogP contribution in [-0.4, -0.2) is 4.98 Å². The molecule has 0 fully saturated rings. The van der Waals surface area contributed by atoms with Crippen LogP contribution in [0.1, 0.15) is 0 Å². The maximum atomic E-state index is 13.6. The van der Waals surface area contributed by atoms with Crippen molar-refractivity contribution >= 4 is 57.4 Å². The standard InChI is InChI=1S/C11H4Cl3FIN/c12-8-2-1-6(9(13)10(8)14)7-3-5(16)4-17-11(7)15/h1-4H. The number of nitrogens with zero attached hydrogens (tertiary/aromatic N) is 1. The minimum Gasteiger partial charge on any atom is -0.227 e. The first-order valence-electron chi connectivity index (χ1n) is 4.45. The maximum Gasteiger partial charge on any atom is 0.220 e. The van der Waals surface area contributed by atoms with Crippen LogP contribution >= 0.6 is 57.4 Å². The molecule has 1 aromatic heterocycles. The monoisotopic (exact) mass is 401 g/mol. The lowest BCUT2D eigenvalue weighted by Crippen LogP contribution is -1.91. The van der Waals surface area contributed by atoms with Crippen LogP contribution in [0, 0.1) is 9.52 Å². The summed E-state index contributed by atoms with van der Waals surface area (Å²) in [6.07, 6.45) is 1.44. The first kappa shape index (κ1) is 13.3. The molecule has 88 valence electrons. The van der Waals surface area contributed by atoms with Gasteiger partial charge in [-0.3, -0.25) is 0 Å². The average Bonchev–Trinajstić information content (AvgIpc) is 2.30. The highest BCUT2D eigenvalue weighted by molar-refractivity contribution is 14.1. The van der Waals surface area contributed by atoms with Gasteiger partial charge in [-0.15, -0.1) is 0 Å². The van der Waals surface area contributed by atoms with Gasteiger partial charge in [0.1, 0.15) is 0 Å². The molecule has 0 atom stereocenters. The van der Waals surface area contributed by atoms with E-state index in [9.17, 15) is 4.39 Å². The lowest BCUT2D eigenvalue weighted by molar-refractivity contribution is 0.587. The fourth-order valence-corrected chi connectivity index (χ4v) is 2.43. The van der Waals surface area contributed by atoms with Gasteiger partial charge < -0.3 is 0 Å². The Hall–Kier alpha value is -0.100. The van der Waals surface area contributed by atoms with Gasteiger partial charge in [-0.1, -0.05) is 40.9 Å². The van der Waals surface area contributed by atoms with Gasteiger partial charge in [-0.25, -0.2) is 4.98 Å². The van der Waals surface area contributed by atoms with Crippen LogP contribution in [0.5, 0.6) is 0 Å². The van der Waals surface area contributed by atoms with Gasteiger partial charge >= 0.3 is 0 Å². The van der Waals surface area contributed by atoms with E-state index in [1.54, 1.807) is 18.2 Å². The molecular formula is C11H4Cl3FIN. The van der Waals surface area contributed by atoms with E-state index in [0.29, 0.717) is 16.1 Å². The van der Waals surface area contributed by atoms with Crippen LogP contribution in [0.25, 0.3) is 11.1 Å². The molecule has 2 aromatic rings. The fraction of sp³-hybridized carbons (Fsp3) is 0. The van der Waals surface area contributed by atoms with Crippen LogP contribution in [-0.2, 0) is 0 Å². The molecule has 0 aliphatic heterocycles. The minimum atomic E-state index is -0.592. The van der Waals surface area contributed by atoms with Gasteiger partial charge in [0.2, 0.25) is 5.95 Å². The van der Waals surface area contributed by atoms with Crippen LogP contribution in [0.2, 0.25) is 15.1 Å². The van der Waals surface area contributed by atoms with E-state index in [1.807, 2.05) is 22.6 Å². The van der Waals surface area contributed by atoms with E-state index >= 15 is 0 Å². The Labute approximate surface area is 126 Å². The lowest BCUT2D eigenvalue weighted by atomic mass is 10.1. The molecule has 0 radical (unpaired) electrons. The van der Waals surface area contributed by atoms with Crippen molar-refractivity contribution in [2.24, 2.45) is 0 Å². The Balaban J connectivity index is 2.69. The first-order chi connectivity index (χ1) is 8.00. The number of halogens is 5. The Morgan fingerprint density at radius 2 is 1.76 bits per heavy atom. The summed E-state index contributed by atoms with van der Waals surface area (Å²) in [6.45, 7) is 0. The Morgan fingerprint density at radius 3 is 2.47 bits per heavy atom. The molecule has 6 heteroatoms. The van der Waals surface area contributed by atoms with Crippen molar-refractivity contribution in [1.82, 2.24) is 4.98 Å². The summed E-state index contributed by atoms with van der Waals surface area (Å²) in [5.74, 6) is -0.592. The van der Waals surface area contributed by atoms with E-state index in [0.717, 1.165) is 3.57 Å². The molecule has 0 unspecified atom stereocenters. The molecule has 0 aliphatic carbocycles. The summed E-state index contributed by atoms with van der Waals surface area (Å²) < 4.78 is 14.4. The highest BCUT2D eigenvalue weighted by atomic mass is 127. The Morgan fingerprint density at radius 1 is 1.06 bits per heavy atom. The topological polar surface area (TPSA) is 12.9 Å². The molecule has 0 spiro atoms. The van der Waals surface area contributed by atoms with Crippen molar-refractivity contribution < 1.29 is 4.39 Å². The number of aromatic nitrogens is 1. The average molecular weight is 402 g/mol. The molecule has 2 rings (SSSR count). The molecule has 0 aliphatic rings. The summed E-state index contributed by atoms with van der Waals surface area (Å²) in [5.41, 5.74) is 0.782. The van der Waals surface area contributed by atoms with Gasteiger partial charge in [0.25, 0.3) is 0 Å². The molecule has 0 saturated heterocycles. The van der Waals surface area contributed by atoms with E-state index in [2.05, 4.69) is 4.98 Å². The molecular weight excluding hydrogens is 398 g/mol. The van der Waals surface area contributed by atoms with Crippen molar-refractivity contribution in [1.29, 1.82) is 0 Å². The van der Waals surface area contributed by atoms with Gasteiger partial charge in [0.15, 0.2) is 0 Å². The van der Waals surface area contributed by atoms with Crippen LogP contribution in [0.15, 0.2) is 24.4 Å². The third kappa shape index (κ3) is 2.67. The van der Waals surface area contributed by atoms with E-state index in [1.165, 1.54) is 6.20 Å². The van der Waals surface area contributed by atoms with Crippen LogP contribution in [0.4, 0.5) is 4.39 Å². The second-order valence-electron chi connectivity index (χ2n) is 3.21. The highest BCUT2D eigenvalue weighted by Crippen LogP contribution is 2.38. The first-order valence-corrected chi connectivity index (χ1v) is 6.67. The molecule has 1 nitrogen and oxygen atoms in total. The van der Waals surface area contributed by atoms with Crippen molar-refractivity contribution in [3.63, 3.8) is 0 Å². The summed E-state index contributed by atoms with van der Waals surface area (Å²) >= 11 is 19.8. The molecule has 1 aromatic carbocycles. The Kier molecular flexibility index (Phi) is 4.13. The van der Waals surface area contributed by atoms with Gasteiger partial charge in [0.05, 0.1) is 15.1 Å². The second kappa shape index (κ2) is 5.26. The van der Waals surface area contributed by atoms with Crippen molar-refractivity contribution in [3.8, 4) is 11.1 Å². The lowest BCUT2D eigenvalue weighted by Gasteiger charge is -2.08. The SMILES string of the molecule is Fc1ncc(I)cc1-c1ccc(Cl)c(Cl)c1Cl. The molecule has 1 heterocycles. The number of rotatable bonds is 1. The molecule has 0 saturated carbocycles. The van der Waals surface area contributed by atoms with E-state index < -0.39 is 5.95 Å². The van der Waals surface area contributed by atoms with E-state index in [-0.39, 0.29) is 10.0 Å². The zero-order chi connectivity index (χ0) is 12.6. The zero-order valence-electron chi connectivity index (χ0n) is 8.15. The van der Waals surface area contributed by atoms with Gasteiger partial charge in [-0.05, 0) is 34.7 Å². The third-order valence-electron chi connectivity index (χ3n) is 2.13. The Bertz CT molecular complexity index is 589. The number of benzene rings is 1. The molecule has 0 amide bonds. The summed E-state index contributed by atoms with van der Waals surface area (Å²) in [5, 5.41) is 0.769. The largest absolute Gasteiger partial charge is 0.227 e. The van der Waals surface area contributed by atoms with Gasteiger partial charge in [0, 0.05) is 20.9 Å². The number of pyridine rings is 1. The number of hydrogen-bond acceptors (Lipinski definition) is 1. The molecule has 0 bridgehead atoms. The molecule has 17 heavy (non-hydrogen) atoms. The van der Waals surface area contributed by atoms with E-state index in [4.69, 9.17) is 34.8 Å². The normalized spacial score (nSPS) is 10.6. The zero-order valence-corrected chi connectivity index (χ0v) is 12.6. The van der Waals surface area contributed by atoms with Crippen molar-refractivity contribution in [2.45, 2.75) is 0 Å².